The molecule has 0 aliphatic carbocycles. The molecule has 0 aliphatic heterocycles. The second-order valence-electron chi connectivity index (χ2n) is 3.65. The van der Waals surface area contributed by atoms with Crippen LogP contribution >= 0.6 is 0 Å². The smallest absolute Gasteiger partial charge is 0.304 e. The van der Waals surface area contributed by atoms with E-state index >= 15 is 0 Å². The summed E-state index contributed by atoms with van der Waals surface area (Å²) in [6, 6.07) is 0. The van der Waals surface area contributed by atoms with Gasteiger partial charge in [-0.3, -0.25) is 14.4 Å². The van der Waals surface area contributed by atoms with Gasteiger partial charge >= 0.3 is 5.97 Å². The van der Waals surface area contributed by atoms with Gasteiger partial charge in [0.05, 0.1) is 6.61 Å². The molecule has 0 heterocycles. The topological polar surface area (TPSA) is 69.7 Å². The van der Waals surface area contributed by atoms with Crippen molar-refractivity contribution < 1.29 is 23.9 Å². The third-order valence-corrected chi connectivity index (χ3v) is 2.65. The molecule has 0 N–H and O–H groups in total. The first-order valence-electron chi connectivity index (χ1n) is 5.10. The van der Waals surface area contributed by atoms with Gasteiger partial charge in [-0.05, 0) is 20.3 Å². The number of hydrogen-bond acceptors (Lipinski definition) is 5. The maximum Gasteiger partial charge on any atom is 0.304 e. The molecule has 0 fully saturated rings. The molecule has 0 atom stereocenters. The minimum atomic E-state index is -1.11. The minimum absolute atomic E-state index is 0.0541. The van der Waals surface area contributed by atoms with Crippen molar-refractivity contribution in [2.75, 3.05) is 13.4 Å². The minimum Gasteiger partial charge on any atom is -0.439 e. The van der Waals surface area contributed by atoms with Crippen molar-refractivity contribution in [2.45, 2.75) is 34.1 Å². The first kappa shape index (κ1) is 14.8. The molecule has 5 heteroatoms. The van der Waals surface area contributed by atoms with Crippen LogP contribution in [0.5, 0.6) is 0 Å². The van der Waals surface area contributed by atoms with Gasteiger partial charge in [0.15, 0.2) is 6.79 Å². The Morgan fingerprint density at radius 1 is 1.06 bits per heavy atom. The number of esters is 1. The van der Waals surface area contributed by atoms with Crippen LogP contribution in [-0.2, 0) is 23.9 Å². The monoisotopic (exact) mass is 230 g/mol. The summed E-state index contributed by atoms with van der Waals surface area (Å²) in [7, 11) is 0. The number of ketones is 2. The molecule has 16 heavy (non-hydrogen) atoms. The summed E-state index contributed by atoms with van der Waals surface area (Å²) in [5.41, 5.74) is -1.11. The Balaban J connectivity index is 4.39. The number of ether oxygens (including phenoxy) is 2. The van der Waals surface area contributed by atoms with E-state index in [0.717, 1.165) is 0 Å². The van der Waals surface area contributed by atoms with E-state index in [1.54, 1.807) is 6.92 Å². The van der Waals surface area contributed by atoms with Gasteiger partial charge < -0.3 is 9.47 Å². The molecule has 0 unspecified atom stereocenters. The van der Waals surface area contributed by atoms with Gasteiger partial charge in [-0.15, -0.1) is 0 Å². The standard InChI is InChI=1S/C11H18O5/c1-5-11(8(2)12,9(3)13)6-15-7-16-10(4)14/h5-7H2,1-4H3. The van der Waals surface area contributed by atoms with Crippen LogP contribution in [0.1, 0.15) is 34.1 Å². The highest BCUT2D eigenvalue weighted by Gasteiger charge is 2.39. The molecular weight excluding hydrogens is 212 g/mol. The zero-order valence-electron chi connectivity index (χ0n) is 10.2. The molecule has 0 aromatic rings. The highest BCUT2D eigenvalue weighted by atomic mass is 16.7. The number of hydrogen-bond donors (Lipinski definition) is 0. The lowest BCUT2D eigenvalue weighted by atomic mass is 9.78. The predicted octanol–water partition coefficient (Wildman–Crippen LogP) is 1.10. The maximum absolute atomic E-state index is 11.5. The average Bonchev–Trinajstić information content (AvgIpc) is 2.16. The number of rotatable bonds is 7. The summed E-state index contributed by atoms with van der Waals surface area (Å²) >= 11 is 0. The van der Waals surface area contributed by atoms with Crippen LogP contribution in [0.2, 0.25) is 0 Å². The second kappa shape index (κ2) is 6.37. The fourth-order valence-electron chi connectivity index (χ4n) is 1.39. The average molecular weight is 230 g/mol. The summed E-state index contributed by atoms with van der Waals surface area (Å²) in [6.45, 7) is 5.43. The van der Waals surface area contributed by atoms with Gasteiger partial charge in [0, 0.05) is 6.92 Å². The van der Waals surface area contributed by atoms with Crippen LogP contribution in [0.3, 0.4) is 0 Å². The molecule has 0 amide bonds. The third kappa shape index (κ3) is 3.73. The van der Waals surface area contributed by atoms with Gasteiger partial charge in [0.2, 0.25) is 0 Å². The molecule has 0 spiro atoms. The van der Waals surface area contributed by atoms with Gasteiger partial charge in [0.25, 0.3) is 0 Å². The Kier molecular flexibility index (Phi) is 5.88. The lowest BCUT2D eigenvalue weighted by Crippen LogP contribution is -2.40. The van der Waals surface area contributed by atoms with Crippen LogP contribution < -0.4 is 0 Å². The quantitative estimate of drug-likeness (QED) is 0.283. The molecule has 92 valence electrons. The summed E-state index contributed by atoms with van der Waals surface area (Å²) in [5.74, 6) is -0.927. The number of carbonyl (C=O) groups is 3. The van der Waals surface area contributed by atoms with E-state index in [2.05, 4.69) is 4.74 Å². The fraction of sp³-hybridized carbons (Fsp3) is 0.727. The molecular formula is C11H18O5. The molecule has 0 bridgehead atoms. The van der Waals surface area contributed by atoms with Crippen molar-refractivity contribution in [1.29, 1.82) is 0 Å². The zero-order chi connectivity index (χ0) is 12.8. The highest BCUT2D eigenvalue weighted by Crippen LogP contribution is 2.25. The lowest BCUT2D eigenvalue weighted by molar-refractivity contribution is -0.159. The Bertz CT molecular complexity index is 268. The number of Topliss-reactive ketones (excluding diaryl/α,β-unsaturated/α-hetero) is 2. The fourth-order valence-corrected chi connectivity index (χ4v) is 1.39. The zero-order valence-corrected chi connectivity index (χ0v) is 10.2. The molecule has 5 nitrogen and oxygen atoms in total. The van der Waals surface area contributed by atoms with E-state index in [-0.39, 0.29) is 25.0 Å². The molecule has 0 radical (unpaired) electrons. The van der Waals surface area contributed by atoms with Crippen LogP contribution in [0.25, 0.3) is 0 Å². The molecule has 0 aromatic carbocycles. The van der Waals surface area contributed by atoms with Crippen LogP contribution in [0.15, 0.2) is 0 Å². The second-order valence-corrected chi connectivity index (χ2v) is 3.65. The van der Waals surface area contributed by atoms with Gasteiger partial charge in [-0.2, -0.15) is 0 Å². The third-order valence-electron chi connectivity index (χ3n) is 2.65. The van der Waals surface area contributed by atoms with Crippen LogP contribution in [0.4, 0.5) is 0 Å². The SMILES string of the molecule is CCC(COCOC(C)=O)(C(C)=O)C(C)=O. The van der Waals surface area contributed by atoms with Gasteiger partial charge in [-0.25, -0.2) is 0 Å². The van der Waals surface area contributed by atoms with E-state index < -0.39 is 11.4 Å². The Morgan fingerprint density at radius 2 is 1.56 bits per heavy atom. The first-order chi connectivity index (χ1) is 7.36. The summed E-state index contributed by atoms with van der Waals surface area (Å²) in [4.78, 5) is 33.4. The van der Waals surface area contributed by atoms with Crippen molar-refractivity contribution in [2.24, 2.45) is 5.41 Å². The van der Waals surface area contributed by atoms with Gasteiger partial charge in [0.1, 0.15) is 17.0 Å². The van der Waals surface area contributed by atoms with Crippen molar-refractivity contribution >= 4 is 17.5 Å². The number of carbonyl (C=O) groups excluding carboxylic acids is 3. The normalized spacial score (nSPS) is 11.0. The van der Waals surface area contributed by atoms with E-state index in [0.29, 0.717) is 6.42 Å². The lowest BCUT2D eigenvalue weighted by Gasteiger charge is -2.26. The summed E-state index contributed by atoms with van der Waals surface area (Å²) in [6.07, 6.45) is 0.373. The van der Waals surface area contributed by atoms with E-state index in [1.165, 1.54) is 20.8 Å². The summed E-state index contributed by atoms with van der Waals surface area (Å²) < 4.78 is 9.60. The Morgan fingerprint density at radius 3 is 1.88 bits per heavy atom. The molecule has 0 aliphatic rings. The Labute approximate surface area is 95.1 Å². The van der Waals surface area contributed by atoms with E-state index in [4.69, 9.17) is 4.74 Å². The van der Waals surface area contributed by atoms with Crippen molar-refractivity contribution in [1.82, 2.24) is 0 Å². The predicted molar refractivity (Wildman–Crippen MR) is 56.7 cm³/mol. The van der Waals surface area contributed by atoms with Crippen LogP contribution in [-0.4, -0.2) is 30.9 Å². The summed E-state index contributed by atoms with van der Waals surface area (Å²) in [5, 5.41) is 0. The first-order valence-corrected chi connectivity index (χ1v) is 5.10. The highest BCUT2D eigenvalue weighted by molar-refractivity contribution is 6.05. The maximum atomic E-state index is 11.5. The molecule has 0 saturated carbocycles. The largest absolute Gasteiger partial charge is 0.439 e. The van der Waals surface area contributed by atoms with Gasteiger partial charge in [-0.1, -0.05) is 6.92 Å². The molecule has 0 saturated heterocycles. The van der Waals surface area contributed by atoms with Crippen molar-refractivity contribution in [3.63, 3.8) is 0 Å². The van der Waals surface area contributed by atoms with Crippen molar-refractivity contribution in [3.8, 4) is 0 Å². The molecule has 0 aromatic heterocycles. The van der Waals surface area contributed by atoms with Crippen LogP contribution in [0, 0.1) is 5.41 Å². The van der Waals surface area contributed by atoms with E-state index in [1.807, 2.05) is 0 Å². The van der Waals surface area contributed by atoms with E-state index in [9.17, 15) is 14.4 Å². The molecule has 0 rings (SSSR count). The Hall–Kier alpha value is -1.23. The van der Waals surface area contributed by atoms with Crippen molar-refractivity contribution in [3.05, 3.63) is 0 Å².